The fraction of sp³-hybridized carbons (Fsp3) is 0.389. The number of hydrogen-bond donors (Lipinski definition) is 2. The molecule has 0 aliphatic heterocycles. The smallest absolute Gasteiger partial charge is 0.271 e. The molecule has 1 amide bonds. The number of rotatable bonds is 8. The maximum absolute atomic E-state index is 12.0. The second-order valence-corrected chi connectivity index (χ2v) is 5.58. The van der Waals surface area contributed by atoms with Gasteiger partial charge >= 0.3 is 0 Å². The van der Waals surface area contributed by atoms with Crippen LogP contribution in [0.5, 0.6) is 5.75 Å². The number of aryl methyl sites for hydroxylation is 1. The lowest BCUT2D eigenvalue weighted by molar-refractivity contribution is 0.0947. The first-order valence-electron chi connectivity index (χ1n) is 8.16. The van der Waals surface area contributed by atoms with Gasteiger partial charge in [0, 0.05) is 6.54 Å². The molecule has 0 bridgehead atoms. The summed E-state index contributed by atoms with van der Waals surface area (Å²) in [6.07, 6.45) is 6.22. The summed E-state index contributed by atoms with van der Waals surface area (Å²) in [6.45, 7) is 4.79. The molecule has 0 saturated carbocycles. The van der Waals surface area contributed by atoms with Gasteiger partial charge in [0.2, 0.25) is 0 Å². The maximum Gasteiger partial charge on any atom is 0.271 e. The van der Waals surface area contributed by atoms with Gasteiger partial charge in [-0.25, -0.2) is 9.97 Å². The molecule has 0 fully saturated rings. The second-order valence-electron chi connectivity index (χ2n) is 5.58. The molecule has 2 N–H and O–H groups in total. The van der Waals surface area contributed by atoms with Crippen LogP contribution in [-0.4, -0.2) is 29.5 Å². The maximum atomic E-state index is 12.0. The van der Waals surface area contributed by atoms with Gasteiger partial charge < -0.3 is 15.4 Å². The number of ether oxygens (including phenoxy) is 1. The summed E-state index contributed by atoms with van der Waals surface area (Å²) in [5.41, 5.74) is 2.23. The normalized spacial score (nSPS) is 10.3. The number of anilines is 2. The summed E-state index contributed by atoms with van der Waals surface area (Å²) in [6, 6.07) is 5.83. The average Bonchev–Trinajstić information content (AvgIpc) is 2.59. The minimum atomic E-state index is -0.196. The van der Waals surface area contributed by atoms with E-state index >= 15 is 0 Å². The zero-order valence-electron chi connectivity index (χ0n) is 14.4. The molecule has 2 rings (SSSR count). The van der Waals surface area contributed by atoms with Gasteiger partial charge in [-0.1, -0.05) is 25.8 Å². The van der Waals surface area contributed by atoms with Crippen molar-refractivity contribution in [2.24, 2.45) is 0 Å². The molecule has 0 atom stereocenters. The number of unbranched alkanes of at least 4 members (excludes halogenated alkanes) is 2. The molecule has 0 saturated heterocycles. The molecule has 1 aromatic heterocycles. The third-order valence-electron chi connectivity index (χ3n) is 3.57. The molecule has 0 radical (unpaired) electrons. The van der Waals surface area contributed by atoms with E-state index < -0.39 is 0 Å². The average molecular weight is 328 g/mol. The van der Waals surface area contributed by atoms with Crippen molar-refractivity contribution in [1.29, 1.82) is 0 Å². The second kappa shape index (κ2) is 8.86. The largest absolute Gasteiger partial charge is 0.495 e. The zero-order chi connectivity index (χ0) is 17.4. The molecule has 128 valence electrons. The quantitative estimate of drug-likeness (QED) is 0.726. The van der Waals surface area contributed by atoms with E-state index in [1.54, 1.807) is 13.3 Å². The highest BCUT2D eigenvalue weighted by molar-refractivity contribution is 5.92. The predicted molar refractivity (Wildman–Crippen MR) is 94.9 cm³/mol. The molecule has 2 aromatic rings. The molecule has 0 unspecified atom stereocenters. The van der Waals surface area contributed by atoms with E-state index in [1.807, 2.05) is 25.1 Å². The minimum Gasteiger partial charge on any atom is -0.495 e. The van der Waals surface area contributed by atoms with E-state index in [9.17, 15) is 4.79 Å². The van der Waals surface area contributed by atoms with Crippen molar-refractivity contribution in [2.45, 2.75) is 33.1 Å². The Kier molecular flexibility index (Phi) is 6.54. The van der Waals surface area contributed by atoms with Gasteiger partial charge in [0.1, 0.15) is 17.3 Å². The molecule has 6 nitrogen and oxygen atoms in total. The van der Waals surface area contributed by atoms with Crippen molar-refractivity contribution in [3.63, 3.8) is 0 Å². The fourth-order valence-electron chi connectivity index (χ4n) is 2.23. The number of carbonyl (C=O) groups excluding carboxylic acids is 1. The topological polar surface area (TPSA) is 76.1 Å². The predicted octanol–water partition coefficient (Wildman–Crippen LogP) is 3.46. The van der Waals surface area contributed by atoms with Crippen molar-refractivity contribution in [3.05, 3.63) is 41.9 Å². The van der Waals surface area contributed by atoms with Crippen LogP contribution in [0.2, 0.25) is 0 Å². The van der Waals surface area contributed by atoms with Crippen LogP contribution in [0.25, 0.3) is 0 Å². The van der Waals surface area contributed by atoms with Crippen LogP contribution in [0.15, 0.2) is 30.6 Å². The van der Waals surface area contributed by atoms with E-state index in [0.29, 0.717) is 18.1 Å². The van der Waals surface area contributed by atoms with Crippen LogP contribution in [0, 0.1) is 6.92 Å². The molecule has 0 aliphatic carbocycles. The first kappa shape index (κ1) is 17.7. The number of nitrogens with zero attached hydrogens (tertiary/aromatic N) is 2. The summed E-state index contributed by atoms with van der Waals surface area (Å²) >= 11 is 0. The number of hydrogen-bond acceptors (Lipinski definition) is 5. The summed E-state index contributed by atoms with van der Waals surface area (Å²) in [5.74, 6) is 1.08. The Balaban J connectivity index is 1.99. The van der Waals surface area contributed by atoms with E-state index in [0.717, 1.165) is 36.3 Å². The highest BCUT2D eigenvalue weighted by Crippen LogP contribution is 2.27. The van der Waals surface area contributed by atoms with Crippen LogP contribution in [0.1, 0.15) is 42.2 Å². The molecular formula is C18H24N4O2. The summed E-state index contributed by atoms with van der Waals surface area (Å²) < 4.78 is 5.32. The Hall–Kier alpha value is -2.63. The van der Waals surface area contributed by atoms with Gasteiger partial charge in [0.05, 0.1) is 25.2 Å². The number of amides is 1. The molecule has 6 heteroatoms. The molecule has 1 heterocycles. The third kappa shape index (κ3) is 4.94. The van der Waals surface area contributed by atoms with Crippen molar-refractivity contribution < 1.29 is 9.53 Å². The van der Waals surface area contributed by atoms with Gasteiger partial charge in [-0.2, -0.15) is 0 Å². The van der Waals surface area contributed by atoms with E-state index in [-0.39, 0.29) is 5.91 Å². The number of carbonyl (C=O) groups is 1. The number of nitrogens with one attached hydrogen (secondary N) is 2. The molecule has 0 aliphatic rings. The van der Waals surface area contributed by atoms with Crippen LogP contribution >= 0.6 is 0 Å². The lowest BCUT2D eigenvalue weighted by Crippen LogP contribution is -2.25. The summed E-state index contributed by atoms with van der Waals surface area (Å²) in [7, 11) is 1.62. The Morgan fingerprint density at radius 1 is 1.21 bits per heavy atom. The highest BCUT2D eigenvalue weighted by atomic mass is 16.5. The van der Waals surface area contributed by atoms with Gasteiger partial charge in [0.15, 0.2) is 0 Å². The van der Waals surface area contributed by atoms with Crippen LogP contribution in [-0.2, 0) is 0 Å². The molecule has 1 aromatic carbocycles. The Bertz CT molecular complexity index is 671. The SMILES string of the molecule is CCCCCNC(=O)c1cnc(Nc2cc(C)ccc2OC)cn1. The summed E-state index contributed by atoms with van der Waals surface area (Å²) in [5, 5.41) is 6.01. The fourth-order valence-corrected chi connectivity index (χ4v) is 2.23. The number of methoxy groups -OCH3 is 1. The van der Waals surface area contributed by atoms with Crippen molar-refractivity contribution in [3.8, 4) is 5.75 Å². The standard InChI is InChI=1S/C18H24N4O2/c1-4-5-6-9-19-18(23)15-11-21-17(12-20-15)22-14-10-13(2)7-8-16(14)24-3/h7-8,10-12H,4-6,9H2,1-3H3,(H,19,23)(H,21,22). The van der Waals surface area contributed by atoms with Crippen LogP contribution < -0.4 is 15.4 Å². The van der Waals surface area contributed by atoms with Gasteiger partial charge in [-0.05, 0) is 31.0 Å². The highest BCUT2D eigenvalue weighted by Gasteiger charge is 2.09. The van der Waals surface area contributed by atoms with Crippen LogP contribution in [0.3, 0.4) is 0 Å². The lowest BCUT2D eigenvalue weighted by Gasteiger charge is -2.11. The minimum absolute atomic E-state index is 0.196. The monoisotopic (exact) mass is 328 g/mol. The number of aromatic nitrogens is 2. The van der Waals surface area contributed by atoms with Crippen molar-refractivity contribution in [1.82, 2.24) is 15.3 Å². The van der Waals surface area contributed by atoms with Crippen LogP contribution in [0.4, 0.5) is 11.5 Å². The molecular weight excluding hydrogens is 304 g/mol. The van der Waals surface area contributed by atoms with E-state index in [2.05, 4.69) is 27.5 Å². The van der Waals surface area contributed by atoms with Crippen molar-refractivity contribution in [2.75, 3.05) is 19.0 Å². The molecule has 0 spiro atoms. The lowest BCUT2D eigenvalue weighted by atomic mass is 10.2. The Labute approximate surface area is 142 Å². The van der Waals surface area contributed by atoms with Gasteiger partial charge in [-0.15, -0.1) is 0 Å². The zero-order valence-corrected chi connectivity index (χ0v) is 14.4. The van der Waals surface area contributed by atoms with Gasteiger partial charge in [0.25, 0.3) is 5.91 Å². The Morgan fingerprint density at radius 2 is 2.04 bits per heavy atom. The van der Waals surface area contributed by atoms with Crippen molar-refractivity contribution >= 4 is 17.4 Å². The van der Waals surface area contributed by atoms with E-state index in [1.165, 1.54) is 6.20 Å². The van der Waals surface area contributed by atoms with E-state index in [4.69, 9.17) is 4.74 Å². The Morgan fingerprint density at radius 3 is 2.71 bits per heavy atom. The third-order valence-corrected chi connectivity index (χ3v) is 3.57. The molecule has 24 heavy (non-hydrogen) atoms. The first-order chi connectivity index (χ1) is 11.6. The first-order valence-corrected chi connectivity index (χ1v) is 8.16. The number of benzene rings is 1. The van der Waals surface area contributed by atoms with Gasteiger partial charge in [-0.3, -0.25) is 4.79 Å². The summed E-state index contributed by atoms with van der Waals surface area (Å²) in [4.78, 5) is 20.4.